The molecule has 0 saturated heterocycles. The van der Waals surface area contributed by atoms with Gasteiger partial charge in [0.15, 0.2) is 0 Å². The molecule has 0 unspecified atom stereocenters. The first kappa shape index (κ1) is 18.5. The van der Waals surface area contributed by atoms with Gasteiger partial charge in [0.05, 0.1) is 5.69 Å². The third-order valence-electron chi connectivity index (χ3n) is 3.97. The number of hydrogen-bond donors (Lipinski definition) is 0. The molecule has 0 aliphatic carbocycles. The summed E-state index contributed by atoms with van der Waals surface area (Å²) in [5, 5.41) is 3.97. The smallest absolute Gasteiger partial charge is 0.273 e. The second-order valence-corrected chi connectivity index (χ2v) is 7.37. The van der Waals surface area contributed by atoms with E-state index in [0.717, 1.165) is 15.5 Å². The average molecular weight is 378 g/mol. The first-order valence-corrected chi connectivity index (χ1v) is 8.90. The van der Waals surface area contributed by atoms with Crippen LogP contribution < -0.4 is 0 Å². The first-order chi connectivity index (χ1) is 12.2. The number of carbonyl (C=O) groups is 1. The zero-order valence-corrected chi connectivity index (χ0v) is 15.1. The number of aromatic nitrogens is 2. The van der Waals surface area contributed by atoms with Gasteiger partial charge in [0.2, 0.25) is 5.91 Å². The van der Waals surface area contributed by atoms with E-state index in [9.17, 15) is 18.0 Å². The minimum atomic E-state index is -4.50. The Morgan fingerprint density at radius 1 is 1.12 bits per heavy atom. The fourth-order valence-corrected chi connectivity index (χ4v) is 3.79. The van der Waals surface area contributed by atoms with Gasteiger partial charge in [-0.05, 0) is 42.8 Å². The molecule has 0 fully saturated rings. The lowest BCUT2D eigenvalue weighted by atomic mass is 10.1. The Morgan fingerprint density at radius 3 is 2.42 bits per heavy atom. The Kier molecular flexibility index (Phi) is 5.09. The number of hydrogen-bond acceptors (Lipinski definition) is 3. The molecule has 0 N–H and O–H groups in total. The van der Waals surface area contributed by atoms with Crippen molar-refractivity contribution in [3.05, 3.63) is 59.9 Å². The van der Waals surface area contributed by atoms with E-state index in [4.69, 9.17) is 0 Å². The quantitative estimate of drug-likeness (QED) is 0.570. The van der Waals surface area contributed by atoms with Gasteiger partial charge in [0.25, 0.3) is 0 Å². The van der Waals surface area contributed by atoms with Crippen molar-refractivity contribution in [1.82, 2.24) is 9.78 Å². The standard InChI is InChI=1S/C19H17F3N2OS/c1-12-9-13(2)24(23-12)18(25)11-17(19(20,21)22)26-16-8-7-14-5-3-4-6-15(14)10-16/h3-10,17H,11H2,1-2H3/t17-/m1/s1. The van der Waals surface area contributed by atoms with Crippen LogP contribution >= 0.6 is 11.8 Å². The van der Waals surface area contributed by atoms with Crippen LogP contribution in [0.15, 0.2) is 53.4 Å². The van der Waals surface area contributed by atoms with Crippen molar-refractivity contribution in [2.75, 3.05) is 0 Å². The fraction of sp³-hybridized carbons (Fsp3) is 0.263. The number of nitrogens with zero attached hydrogens (tertiary/aromatic N) is 2. The van der Waals surface area contributed by atoms with Crippen LogP contribution in [0.4, 0.5) is 13.2 Å². The van der Waals surface area contributed by atoms with Crippen molar-refractivity contribution in [1.29, 1.82) is 0 Å². The summed E-state index contributed by atoms with van der Waals surface area (Å²) in [6.07, 6.45) is -5.16. The molecule has 0 aliphatic rings. The Labute approximate surface area is 153 Å². The number of thioether (sulfide) groups is 1. The van der Waals surface area contributed by atoms with Gasteiger partial charge in [-0.25, -0.2) is 4.68 Å². The predicted octanol–water partition coefficient (Wildman–Crippen LogP) is 5.41. The highest BCUT2D eigenvalue weighted by Crippen LogP contribution is 2.38. The van der Waals surface area contributed by atoms with Crippen LogP contribution in [0.1, 0.15) is 22.6 Å². The van der Waals surface area contributed by atoms with Crippen molar-refractivity contribution >= 4 is 28.4 Å². The molecule has 2 aromatic carbocycles. The third-order valence-corrected chi connectivity index (χ3v) is 5.21. The summed E-state index contributed by atoms with van der Waals surface area (Å²) in [5.74, 6) is -0.661. The number of aryl methyl sites for hydroxylation is 2. The van der Waals surface area contributed by atoms with E-state index in [1.54, 1.807) is 38.1 Å². The van der Waals surface area contributed by atoms with Crippen molar-refractivity contribution in [2.24, 2.45) is 0 Å². The molecule has 0 spiro atoms. The number of fused-ring (bicyclic) bond motifs is 1. The molecule has 3 nitrogen and oxygen atoms in total. The summed E-state index contributed by atoms with van der Waals surface area (Å²) in [6.45, 7) is 3.35. The fourth-order valence-electron chi connectivity index (χ4n) is 2.76. The second kappa shape index (κ2) is 7.15. The minimum absolute atomic E-state index is 0.479. The number of carbonyl (C=O) groups excluding carboxylic acids is 1. The topological polar surface area (TPSA) is 34.9 Å². The van der Waals surface area contributed by atoms with E-state index in [2.05, 4.69) is 5.10 Å². The predicted molar refractivity (Wildman–Crippen MR) is 96.6 cm³/mol. The molecule has 0 aliphatic heterocycles. The molecule has 3 aromatic rings. The lowest BCUT2D eigenvalue weighted by Gasteiger charge is -2.19. The Morgan fingerprint density at radius 2 is 1.81 bits per heavy atom. The molecule has 1 atom stereocenters. The molecule has 1 aromatic heterocycles. The highest BCUT2D eigenvalue weighted by Gasteiger charge is 2.42. The first-order valence-electron chi connectivity index (χ1n) is 8.02. The molecule has 0 saturated carbocycles. The number of benzene rings is 2. The highest BCUT2D eigenvalue weighted by atomic mass is 32.2. The average Bonchev–Trinajstić information content (AvgIpc) is 2.91. The van der Waals surface area contributed by atoms with Crippen molar-refractivity contribution < 1.29 is 18.0 Å². The van der Waals surface area contributed by atoms with Crippen LogP contribution in [0.2, 0.25) is 0 Å². The van der Waals surface area contributed by atoms with Crippen LogP contribution in [-0.2, 0) is 0 Å². The summed E-state index contributed by atoms with van der Waals surface area (Å²) in [5.41, 5.74) is 1.13. The maximum absolute atomic E-state index is 13.5. The summed E-state index contributed by atoms with van der Waals surface area (Å²) < 4.78 is 41.5. The summed E-state index contributed by atoms with van der Waals surface area (Å²) >= 11 is 0.659. The molecule has 1 heterocycles. The molecule has 7 heteroatoms. The zero-order valence-electron chi connectivity index (χ0n) is 14.2. The summed E-state index contributed by atoms with van der Waals surface area (Å²) in [4.78, 5) is 12.8. The van der Waals surface area contributed by atoms with Gasteiger partial charge in [-0.1, -0.05) is 30.3 Å². The van der Waals surface area contributed by atoms with Gasteiger partial charge < -0.3 is 0 Å². The third kappa shape index (κ3) is 4.09. The monoisotopic (exact) mass is 378 g/mol. The Bertz CT molecular complexity index is 949. The maximum atomic E-state index is 13.5. The van der Waals surface area contributed by atoms with E-state index >= 15 is 0 Å². The molecule has 136 valence electrons. The normalized spacial score (nSPS) is 13.1. The lowest BCUT2D eigenvalue weighted by Crippen LogP contribution is -2.30. The van der Waals surface area contributed by atoms with Gasteiger partial charge in [-0.3, -0.25) is 4.79 Å². The minimum Gasteiger partial charge on any atom is -0.273 e. The molecular weight excluding hydrogens is 361 g/mol. The Hall–Kier alpha value is -2.28. The van der Waals surface area contributed by atoms with E-state index in [1.807, 2.05) is 24.3 Å². The van der Waals surface area contributed by atoms with Crippen molar-refractivity contribution in [2.45, 2.75) is 36.6 Å². The zero-order chi connectivity index (χ0) is 18.9. The number of halogens is 3. The van der Waals surface area contributed by atoms with E-state index < -0.39 is 23.8 Å². The van der Waals surface area contributed by atoms with Crippen LogP contribution in [0.25, 0.3) is 10.8 Å². The summed E-state index contributed by atoms with van der Waals surface area (Å²) in [6, 6.07) is 14.3. The van der Waals surface area contributed by atoms with Crippen molar-refractivity contribution in [3.8, 4) is 0 Å². The van der Waals surface area contributed by atoms with Gasteiger partial charge in [-0.15, -0.1) is 11.8 Å². The van der Waals surface area contributed by atoms with E-state index in [0.29, 0.717) is 28.0 Å². The molecule has 0 bridgehead atoms. The SMILES string of the molecule is Cc1cc(C)n(C(=O)C[C@@H](Sc2ccc3ccccc3c2)C(F)(F)F)n1. The van der Waals surface area contributed by atoms with Crippen molar-refractivity contribution in [3.63, 3.8) is 0 Å². The van der Waals surface area contributed by atoms with Gasteiger partial charge in [-0.2, -0.15) is 18.3 Å². The molecule has 3 rings (SSSR count). The molecule has 0 radical (unpaired) electrons. The maximum Gasteiger partial charge on any atom is 0.401 e. The van der Waals surface area contributed by atoms with E-state index in [1.165, 1.54) is 0 Å². The van der Waals surface area contributed by atoms with Crippen LogP contribution in [0.3, 0.4) is 0 Å². The molecular formula is C19H17F3N2OS. The summed E-state index contributed by atoms with van der Waals surface area (Å²) in [7, 11) is 0. The number of alkyl halides is 3. The lowest BCUT2D eigenvalue weighted by molar-refractivity contribution is -0.128. The van der Waals surface area contributed by atoms with E-state index in [-0.39, 0.29) is 0 Å². The highest BCUT2D eigenvalue weighted by molar-refractivity contribution is 8.00. The molecule has 0 amide bonds. The van der Waals surface area contributed by atoms with Crippen LogP contribution in [0, 0.1) is 13.8 Å². The van der Waals surface area contributed by atoms with Gasteiger partial charge in [0.1, 0.15) is 5.25 Å². The Balaban J connectivity index is 1.83. The van der Waals surface area contributed by atoms with Crippen LogP contribution in [0.5, 0.6) is 0 Å². The molecule has 26 heavy (non-hydrogen) atoms. The largest absolute Gasteiger partial charge is 0.401 e. The van der Waals surface area contributed by atoms with Gasteiger partial charge >= 0.3 is 6.18 Å². The second-order valence-electron chi connectivity index (χ2n) is 6.09. The van der Waals surface area contributed by atoms with Gasteiger partial charge in [0, 0.05) is 17.0 Å². The van der Waals surface area contributed by atoms with Crippen LogP contribution in [-0.4, -0.2) is 27.1 Å². The number of rotatable bonds is 4.